The van der Waals surface area contributed by atoms with Crippen LogP contribution in [-0.2, 0) is 16.0 Å². The first-order valence-corrected chi connectivity index (χ1v) is 6.68. The van der Waals surface area contributed by atoms with Crippen LogP contribution in [0.1, 0.15) is 43.7 Å². The lowest BCUT2D eigenvalue weighted by Crippen LogP contribution is -2.14. The summed E-state index contributed by atoms with van der Waals surface area (Å²) in [6.45, 7) is 4.44. The largest absolute Gasteiger partial charge is 0.463 e. The smallest absolute Gasteiger partial charge is 0.330 e. The normalized spacial score (nSPS) is 18.1. The van der Waals surface area contributed by atoms with Crippen LogP contribution in [0.4, 0.5) is 0 Å². The van der Waals surface area contributed by atoms with Gasteiger partial charge in [-0.2, -0.15) is 0 Å². The van der Waals surface area contributed by atoms with E-state index in [9.17, 15) is 4.79 Å². The summed E-state index contributed by atoms with van der Waals surface area (Å²) in [7, 11) is 0. The van der Waals surface area contributed by atoms with Gasteiger partial charge in [-0.05, 0) is 43.2 Å². The second-order valence-corrected chi connectivity index (χ2v) is 4.75. The fraction of sp³-hybridized carbons (Fsp3) is 0.438. The number of rotatable bonds is 4. The van der Waals surface area contributed by atoms with Crippen LogP contribution in [0.2, 0.25) is 0 Å². The van der Waals surface area contributed by atoms with Gasteiger partial charge >= 0.3 is 5.97 Å². The van der Waals surface area contributed by atoms with E-state index in [4.69, 9.17) is 4.74 Å². The lowest BCUT2D eigenvalue weighted by Gasteiger charge is -2.29. The summed E-state index contributed by atoms with van der Waals surface area (Å²) < 4.78 is 4.90. The van der Waals surface area contributed by atoms with Crippen LogP contribution in [0.5, 0.6) is 0 Å². The van der Waals surface area contributed by atoms with Gasteiger partial charge in [0.15, 0.2) is 0 Å². The number of carbonyl (C=O) groups is 1. The van der Waals surface area contributed by atoms with Gasteiger partial charge in [0, 0.05) is 6.08 Å². The Balaban J connectivity index is 1.90. The van der Waals surface area contributed by atoms with Gasteiger partial charge in [-0.15, -0.1) is 0 Å². The Kier molecular flexibility index (Phi) is 4.19. The predicted octanol–water partition coefficient (Wildman–Crippen LogP) is 3.62. The summed E-state index contributed by atoms with van der Waals surface area (Å²) >= 11 is 0. The van der Waals surface area contributed by atoms with E-state index in [1.807, 2.05) is 6.92 Å². The molecule has 0 atom stereocenters. The molecule has 0 heterocycles. The average Bonchev–Trinajstić information content (AvgIpc) is 2.34. The molecule has 2 nitrogen and oxygen atoms in total. The van der Waals surface area contributed by atoms with Gasteiger partial charge in [0.1, 0.15) is 0 Å². The Labute approximate surface area is 109 Å². The van der Waals surface area contributed by atoms with Gasteiger partial charge < -0.3 is 4.74 Å². The maximum absolute atomic E-state index is 11.3. The van der Waals surface area contributed by atoms with Crippen molar-refractivity contribution in [2.45, 2.75) is 39.0 Å². The highest BCUT2D eigenvalue weighted by Gasteiger charge is 2.25. The summed E-state index contributed by atoms with van der Waals surface area (Å²) in [6, 6.07) is 8.82. The monoisotopic (exact) mass is 244 g/mol. The minimum absolute atomic E-state index is 0.202. The van der Waals surface area contributed by atoms with Crippen LogP contribution in [0, 0.1) is 0 Å². The number of carbonyl (C=O) groups excluding carboxylic acids is 1. The molecule has 2 rings (SSSR count). The highest BCUT2D eigenvalue weighted by molar-refractivity contribution is 5.83. The molecule has 1 fully saturated rings. The molecule has 0 unspecified atom stereocenters. The molecule has 1 aliphatic rings. The lowest BCUT2D eigenvalue weighted by atomic mass is 9.75. The van der Waals surface area contributed by atoms with Crippen molar-refractivity contribution < 1.29 is 9.53 Å². The van der Waals surface area contributed by atoms with E-state index in [1.165, 1.54) is 16.7 Å². The summed E-state index contributed by atoms with van der Waals surface area (Å²) in [5.41, 5.74) is 3.96. The molecule has 1 saturated carbocycles. The van der Waals surface area contributed by atoms with Crippen molar-refractivity contribution in [2.24, 2.45) is 0 Å². The molecular formula is C16H20O2. The summed E-state index contributed by atoms with van der Waals surface area (Å²) in [5.74, 6) is 0.379. The maximum Gasteiger partial charge on any atom is 0.330 e. The molecule has 0 aromatic heterocycles. The molecule has 0 spiro atoms. The molecule has 0 amide bonds. The summed E-state index contributed by atoms with van der Waals surface area (Å²) in [4.78, 5) is 11.3. The molecule has 0 N–H and O–H groups in total. The third-order valence-electron chi connectivity index (χ3n) is 3.49. The van der Waals surface area contributed by atoms with Crippen molar-refractivity contribution in [2.75, 3.05) is 6.61 Å². The number of allylic oxidation sites excluding steroid dienone is 1. The van der Waals surface area contributed by atoms with E-state index in [-0.39, 0.29) is 5.97 Å². The topological polar surface area (TPSA) is 26.3 Å². The van der Waals surface area contributed by atoms with Crippen LogP contribution in [-0.4, -0.2) is 12.6 Å². The first kappa shape index (κ1) is 12.9. The number of esters is 1. The molecule has 0 aliphatic heterocycles. The third-order valence-corrected chi connectivity index (χ3v) is 3.49. The van der Waals surface area contributed by atoms with Crippen LogP contribution < -0.4 is 0 Å². The lowest BCUT2D eigenvalue weighted by molar-refractivity contribution is -0.137. The molecule has 0 saturated heterocycles. The van der Waals surface area contributed by atoms with E-state index in [0.29, 0.717) is 12.5 Å². The van der Waals surface area contributed by atoms with Gasteiger partial charge in [-0.3, -0.25) is 0 Å². The first-order chi connectivity index (χ1) is 8.72. The van der Waals surface area contributed by atoms with Crippen molar-refractivity contribution >= 4 is 5.97 Å². The minimum Gasteiger partial charge on any atom is -0.463 e. The molecule has 1 aromatic rings. The maximum atomic E-state index is 11.3. The Morgan fingerprint density at radius 3 is 2.50 bits per heavy atom. The highest BCUT2D eigenvalue weighted by Crippen LogP contribution is 2.41. The number of hydrogen-bond acceptors (Lipinski definition) is 2. The SMILES string of the molecule is CCOC(=O)C=C1CC(c2ccc(CC)cc2)C1. The molecule has 0 bridgehead atoms. The number of benzene rings is 1. The standard InChI is InChI=1S/C16H20O2/c1-3-12-5-7-14(8-6-12)15-9-13(10-15)11-16(17)18-4-2/h5-8,11,15H,3-4,9-10H2,1-2H3. The molecule has 18 heavy (non-hydrogen) atoms. The molecule has 1 aliphatic carbocycles. The fourth-order valence-corrected chi connectivity index (χ4v) is 2.30. The second kappa shape index (κ2) is 5.85. The van der Waals surface area contributed by atoms with Crippen LogP contribution in [0.15, 0.2) is 35.9 Å². The van der Waals surface area contributed by atoms with Crippen molar-refractivity contribution in [3.63, 3.8) is 0 Å². The summed E-state index contributed by atoms with van der Waals surface area (Å²) in [5, 5.41) is 0. The van der Waals surface area contributed by atoms with E-state index in [2.05, 4.69) is 31.2 Å². The average molecular weight is 244 g/mol. The molecule has 1 aromatic carbocycles. The number of aryl methyl sites for hydroxylation is 1. The van der Waals surface area contributed by atoms with Crippen molar-refractivity contribution in [3.05, 3.63) is 47.0 Å². The Morgan fingerprint density at radius 2 is 1.94 bits per heavy atom. The first-order valence-electron chi connectivity index (χ1n) is 6.68. The predicted molar refractivity (Wildman–Crippen MR) is 72.5 cm³/mol. The van der Waals surface area contributed by atoms with Crippen molar-refractivity contribution in [1.29, 1.82) is 0 Å². The zero-order valence-corrected chi connectivity index (χ0v) is 11.1. The minimum atomic E-state index is -0.202. The third kappa shape index (κ3) is 3.00. The van der Waals surface area contributed by atoms with Gasteiger partial charge in [-0.25, -0.2) is 4.79 Å². The Morgan fingerprint density at radius 1 is 1.28 bits per heavy atom. The van der Waals surface area contributed by atoms with Crippen molar-refractivity contribution in [3.8, 4) is 0 Å². The number of hydrogen-bond donors (Lipinski definition) is 0. The molecule has 96 valence electrons. The van der Waals surface area contributed by atoms with E-state index in [0.717, 1.165) is 19.3 Å². The fourth-order valence-electron chi connectivity index (χ4n) is 2.30. The van der Waals surface area contributed by atoms with Crippen LogP contribution >= 0.6 is 0 Å². The number of ether oxygens (including phenoxy) is 1. The van der Waals surface area contributed by atoms with Gasteiger partial charge in [-0.1, -0.05) is 36.8 Å². The molecular weight excluding hydrogens is 224 g/mol. The van der Waals surface area contributed by atoms with E-state index < -0.39 is 0 Å². The van der Waals surface area contributed by atoms with Gasteiger partial charge in [0.25, 0.3) is 0 Å². The second-order valence-electron chi connectivity index (χ2n) is 4.75. The summed E-state index contributed by atoms with van der Waals surface area (Å²) in [6.07, 6.45) is 4.72. The van der Waals surface area contributed by atoms with Crippen molar-refractivity contribution in [1.82, 2.24) is 0 Å². The van der Waals surface area contributed by atoms with Crippen LogP contribution in [0.3, 0.4) is 0 Å². The highest BCUT2D eigenvalue weighted by atomic mass is 16.5. The zero-order valence-electron chi connectivity index (χ0n) is 11.1. The zero-order chi connectivity index (χ0) is 13.0. The molecule has 0 radical (unpaired) electrons. The molecule has 2 heteroatoms. The van der Waals surface area contributed by atoms with Gasteiger partial charge in [0.05, 0.1) is 6.61 Å². The quantitative estimate of drug-likeness (QED) is 0.597. The Hall–Kier alpha value is -1.57. The Bertz CT molecular complexity index is 435. The van der Waals surface area contributed by atoms with Gasteiger partial charge in [0.2, 0.25) is 0 Å². The van der Waals surface area contributed by atoms with Crippen LogP contribution in [0.25, 0.3) is 0 Å². The van der Waals surface area contributed by atoms with E-state index >= 15 is 0 Å². The van der Waals surface area contributed by atoms with E-state index in [1.54, 1.807) is 6.08 Å².